The molecule has 2 aromatic rings. The molecule has 1 aromatic heterocycles. The fourth-order valence-corrected chi connectivity index (χ4v) is 3.73. The van der Waals surface area contributed by atoms with Gasteiger partial charge in [-0.1, -0.05) is 28.3 Å². The highest BCUT2D eigenvalue weighted by molar-refractivity contribution is 6.42. The van der Waals surface area contributed by atoms with E-state index in [0.717, 1.165) is 0 Å². The Morgan fingerprint density at radius 3 is 2.45 bits per heavy atom. The van der Waals surface area contributed by atoms with Crippen molar-refractivity contribution in [2.45, 2.75) is 38.4 Å². The molecule has 1 saturated heterocycles. The molecule has 10 nitrogen and oxygen atoms in total. The van der Waals surface area contributed by atoms with Gasteiger partial charge in [-0.25, -0.2) is 4.98 Å². The average molecular weight is 463 g/mol. The third-order valence-corrected chi connectivity index (χ3v) is 5.15. The SMILES string of the molecule is CC(=O)OC1C(CN=[N+]=[N-])OC(n2c(Cl)nc3cc(Cl)c(Cl)cc32)C1OC(C)=O. The van der Waals surface area contributed by atoms with Crippen LogP contribution in [0.15, 0.2) is 17.2 Å². The van der Waals surface area contributed by atoms with Crippen LogP contribution in [-0.2, 0) is 23.8 Å². The van der Waals surface area contributed by atoms with Crippen LogP contribution in [0.4, 0.5) is 0 Å². The van der Waals surface area contributed by atoms with Crippen LogP contribution in [0.2, 0.25) is 15.3 Å². The molecule has 154 valence electrons. The summed E-state index contributed by atoms with van der Waals surface area (Å²) in [4.78, 5) is 30.2. The van der Waals surface area contributed by atoms with E-state index in [1.54, 1.807) is 0 Å². The van der Waals surface area contributed by atoms with Crippen LogP contribution in [0.3, 0.4) is 0 Å². The summed E-state index contributed by atoms with van der Waals surface area (Å²) < 4.78 is 18.1. The number of azide groups is 1. The van der Waals surface area contributed by atoms with Crippen LogP contribution >= 0.6 is 34.8 Å². The molecule has 4 atom stereocenters. The summed E-state index contributed by atoms with van der Waals surface area (Å²) >= 11 is 18.5. The number of fused-ring (bicyclic) bond motifs is 1. The van der Waals surface area contributed by atoms with Gasteiger partial charge >= 0.3 is 11.9 Å². The maximum Gasteiger partial charge on any atom is 0.303 e. The lowest BCUT2D eigenvalue weighted by Gasteiger charge is -2.24. The summed E-state index contributed by atoms with van der Waals surface area (Å²) in [6.07, 6.45) is -4.04. The van der Waals surface area contributed by atoms with E-state index in [1.165, 1.54) is 30.5 Å². The monoisotopic (exact) mass is 461 g/mol. The first-order valence-electron chi connectivity index (χ1n) is 8.26. The Bertz CT molecular complexity index is 1020. The van der Waals surface area contributed by atoms with Crippen LogP contribution in [0, 0.1) is 0 Å². The van der Waals surface area contributed by atoms with Crippen LogP contribution in [0.1, 0.15) is 20.1 Å². The van der Waals surface area contributed by atoms with E-state index in [4.69, 9.17) is 54.5 Å². The molecule has 1 aliphatic heterocycles. The number of benzene rings is 1. The standard InChI is InChI=1S/C16H14Cl3N5O5/c1-6(25)27-13-12(5-21-23-20)29-15(14(13)28-7(2)26)24-11-4-9(18)8(17)3-10(11)22-16(24)19/h3-4,12-15H,5H2,1-2H3. The number of aromatic nitrogens is 2. The molecule has 1 aliphatic rings. The number of carbonyl (C=O) groups is 2. The lowest BCUT2D eigenvalue weighted by Crippen LogP contribution is -2.39. The van der Waals surface area contributed by atoms with E-state index in [1.807, 2.05) is 0 Å². The Hall–Kier alpha value is -2.23. The maximum atomic E-state index is 11.7. The molecule has 0 N–H and O–H groups in total. The number of carbonyl (C=O) groups excluding carboxylic acids is 2. The summed E-state index contributed by atoms with van der Waals surface area (Å²) in [5.74, 6) is -1.26. The first-order valence-corrected chi connectivity index (χ1v) is 9.39. The maximum absolute atomic E-state index is 11.7. The van der Waals surface area contributed by atoms with Gasteiger partial charge in [-0.3, -0.25) is 14.2 Å². The molecule has 4 unspecified atom stereocenters. The van der Waals surface area contributed by atoms with E-state index in [-0.39, 0.29) is 21.9 Å². The molecule has 0 bridgehead atoms. The van der Waals surface area contributed by atoms with Gasteiger partial charge in [-0.2, -0.15) is 0 Å². The molecule has 29 heavy (non-hydrogen) atoms. The molecule has 1 fully saturated rings. The van der Waals surface area contributed by atoms with Crippen molar-refractivity contribution >= 4 is 57.8 Å². The van der Waals surface area contributed by atoms with Gasteiger partial charge in [0.15, 0.2) is 18.4 Å². The number of rotatable bonds is 5. The first kappa shape index (κ1) is 21.5. The first-order chi connectivity index (χ1) is 13.7. The molecule has 0 spiro atoms. The molecule has 0 amide bonds. The number of halogens is 3. The predicted molar refractivity (Wildman–Crippen MR) is 104 cm³/mol. The Labute approximate surface area is 179 Å². The second-order valence-electron chi connectivity index (χ2n) is 6.13. The zero-order valence-electron chi connectivity index (χ0n) is 15.1. The summed E-state index contributed by atoms with van der Waals surface area (Å²) in [5.41, 5.74) is 9.53. The Balaban J connectivity index is 2.12. The minimum atomic E-state index is -1.08. The van der Waals surface area contributed by atoms with Crippen LogP contribution in [-0.4, -0.2) is 46.3 Å². The van der Waals surface area contributed by atoms with Crippen molar-refractivity contribution < 1.29 is 23.8 Å². The lowest BCUT2D eigenvalue weighted by atomic mass is 10.1. The number of hydrogen-bond acceptors (Lipinski definition) is 7. The van der Waals surface area contributed by atoms with Gasteiger partial charge in [-0.05, 0) is 29.3 Å². The van der Waals surface area contributed by atoms with Crippen LogP contribution in [0.25, 0.3) is 21.5 Å². The van der Waals surface area contributed by atoms with E-state index in [9.17, 15) is 9.59 Å². The molecule has 0 radical (unpaired) electrons. The van der Waals surface area contributed by atoms with E-state index >= 15 is 0 Å². The summed E-state index contributed by atoms with van der Waals surface area (Å²) in [7, 11) is 0. The Kier molecular flexibility index (Phi) is 6.40. The van der Waals surface area contributed by atoms with Crippen molar-refractivity contribution in [3.05, 3.63) is 37.9 Å². The van der Waals surface area contributed by atoms with E-state index in [0.29, 0.717) is 11.0 Å². The zero-order valence-corrected chi connectivity index (χ0v) is 17.4. The van der Waals surface area contributed by atoms with Gasteiger partial charge in [-0.15, -0.1) is 0 Å². The van der Waals surface area contributed by atoms with E-state index in [2.05, 4.69) is 15.0 Å². The second kappa shape index (κ2) is 8.64. The molecular formula is C16H14Cl3N5O5. The minimum absolute atomic E-state index is 0.00601. The number of ether oxygens (including phenoxy) is 3. The molecule has 0 aliphatic carbocycles. The fraction of sp³-hybridized carbons (Fsp3) is 0.438. The average Bonchev–Trinajstić information content (AvgIpc) is 3.10. The topological polar surface area (TPSA) is 128 Å². The van der Waals surface area contributed by atoms with E-state index < -0.39 is 36.5 Å². The fourth-order valence-electron chi connectivity index (χ4n) is 3.13. The Morgan fingerprint density at radius 2 is 1.83 bits per heavy atom. The highest BCUT2D eigenvalue weighted by Crippen LogP contribution is 2.39. The largest absolute Gasteiger partial charge is 0.456 e. The van der Waals surface area contributed by atoms with Gasteiger partial charge in [0.1, 0.15) is 6.10 Å². The summed E-state index contributed by atoms with van der Waals surface area (Å²) in [5, 5.41) is 4.02. The van der Waals surface area contributed by atoms with Crippen LogP contribution in [0.5, 0.6) is 0 Å². The smallest absolute Gasteiger partial charge is 0.303 e. The van der Waals surface area contributed by atoms with Gasteiger partial charge in [0.2, 0.25) is 5.28 Å². The van der Waals surface area contributed by atoms with Crippen molar-refractivity contribution in [3.8, 4) is 0 Å². The van der Waals surface area contributed by atoms with Crippen molar-refractivity contribution in [2.75, 3.05) is 6.54 Å². The molecule has 0 saturated carbocycles. The summed E-state index contributed by atoms with van der Waals surface area (Å²) in [6, 6.07) is 3.06. The van der Waals surface area contributed by atoms with Crippen molar-refractivity contribution in [2.24, 2.45) is 5.11 Å². The molecule has 3 rings (SSSR count). The second-order valence-corrected chi connectivity index (χ2v) is 7.28. The van der Waals surface area contributed by atoms with Crippen molar-refractivity contribution in [1.82, 2.24) is 9.55 Å². The number of esters is 2. The van der Waals surface area contributed by atoms with Gasteiger partial charge in [0.05, 0.1) is 27.6 Å². The number of imidazole rings is 1. The number of hydrogen-bond donors (Lipinski definition) is 0. The predicted octanol–water partition coefficient (Wildman–Crippen LogP) is 4.07. The van der Waals surface area contributed by atoms with Gasteiger partial charge in [0.25, 0.3) is 0 Å². The lowest BCUT2D eigenvalue weighted by molar-refractivity contribution is -0.165. The molecule has 1 aromatic carbocycles. The number of nitrogens with zero attached hydrogens (tertiary/aromatic N) is 5. The Morgan fingerprint density at radius 1 is 1.21 bits per heavy atom. The third-order valence-electron chi connectivity index (χ3n) is 4.16. The zero-order chi connectivity index (χ0) is 21.3. The molecule has 13 heteroatoms. The van der Waals surface area contributed by atoms with Gasteiger partial charge < -0.3 is 14.2 Å². The van der Waals surface area contributed by atoms with Crippen LogP contribution < -0.4 is 0 Å². The third kappa shape index (κ3) is 4.36. The minimum Gasteiger partial charge on any atom is -0.456 e. The van der Waals surface area contributed by atoms with Gasteiger partial charge in [0, 0.05) is 18.8 Å². The molecular weight excluding hydrogens is 449 g/mol. The van der Waals surface area contributed by atoms with Crippen molar-refractivity contribution in [3.63, 3.8) is 0 Å². The highest BCUT2D eigenvalue weighted by atomic mass is 35.5. The quantitative estimate of drug-likeness (QED) is 0.285. The van der Waals surface area contributed by atoms with Crippen molar-refractivity contribution in [1.29, 1.82) is 0 Å². The molecule has 2 heterocycles. The normalized spacial score (nSPS) is 23.6. The summed E-state index contributed by atoms with van der Waals surface area (Å²) in [6.45, 7) is 2.23. The highest BCUT2D eigenvalue weighted by Gasteiger charge is 2.50.